The number of benzene rings is 1. The van der Waals surface area contributed by atoms with Gasteiger partial charge in [0.2, 0.25) is 6.43 Å². The maximum atomic E-state index is 12.1. The molecule has 0 bridgehead atoms. The van der Waals surface area contributed by atoms with E-state index in [0.717, 1.165) is 0 Å². The first-order valence-electron chi connectivity index (χ1n) is 4.92. The Bertz CT molecular complexity index is 395. The van der Waals surface area contributed by atoms with Crippen LogP contribution in [0, 0.1) is 0 Å². The molecule has 0 aliphatic rings. The number of halogens is 2. The highest BCUT2D eigenvalue weighted by Crippen LogP contribution is 2.10. The van der Waals surface area contributed by atoms with Crippen LogP contribution < -0.4 is 0 Å². The van der Waals surface area contributed by atoms with Crippen molar-refractivity contribution in [2.75, 3.05) is 5.75 Å². The van der Waals surface area contributed by atoms with Crippen LogP contribution in [0.15, 0.2) is 30.3 Å². The standard InChI is InChI=1S/C11H12F2O3S/c12-10(13)7-17(16)9(11(14)15)6-8-4-2-1-3-5-8/h1-5,9-10H,6-7H2,(H,14,15). The summed E-state index contributed by atoms with van der Waals surface area (Å²) in [7, 11) is -2.07. The Balaban J connectivity index is 2.74. The average molecular weight is 262 g/mol. The average Bonchev–Trinajstić information content (AvgIpc) is 2.25. The number of hydrogen-bond acceptors (Lipinski definition) is 2. The second kappa shape index (κ2) is 6.44. The smallest absolute Gasteiger partial charge is 0.319 e. The molecule has 0 saturated carbocycles. The Kier molecular flexibility index (Phi) is 5.21. The molecule has 94 valence electrons. The summed E-state index contributed by atoms with van der Waals surface area (Å²) in [4.78, 5) is 10.9. The first-order chi connectivity index (χ1) is 8.00. The molecular weight excluding hydrogens is 250 g/mol. The third-order valence-corrected chi connectivity index (χ3v) is 3.73. The van der Waals surface area contributed by atoms with Crippen LogP contribution in [-0.2, 0) is 22.0 Å². The predicted octanol–water partition coefficient (Wildman–Crippen LogP) is 1.70. The first kappa shape index (κ1) is 13.8. The number of carboxylic acid groups (broad SMARTS) is 1. The minimum Gasteiger partial charge on any atom is -0.480 e. The summed E-state index contributed by atoms with van der Waals surface area (Å²) in [6, 6.07) is 8.54. The van der Waals surface area contributed by atoms with Crippen LogP contribution >= 0.6 is 0 Å². The molecule has 0 aliphatic carbocycles. The van der Waals surface area contributed by atoms with E-state index in [0.29, 0.717) is 5.56 Å². The van der Waals surface area contributed by atoms with E-state index in [-0.39, 0.29) is 6.42 Å². The van der Waals surface area contributed by atoms with Crippen LogP contribution in [0.4, 0.5) is 8.78 Å². The van der Waals surface area contributed by atoms with E-state index in [2.05, 4.69) is 0 Å². The monoisotopic (exact) mass is 262 g/mol. The van der Waals surface area contributed by atoms with Crippen LogP contribution in [0.3, 0.4) is 0 Å². The molecule has 1 N–H and O–H groups in total. The van der Waals surface area contributed by atoms with Gasteiger partial charge in [-0.25, -0.2) is 8.78 Å². The summed E-state index contributed by atoms with van der Waals surface area (Å²) in [6.07, 6.45) is -2.76. The van der Waals surface area contributed by atoms with Gasteiger partial charge >= 0.3 is 5.97 Å². The van der Waals surface area contributed by atoms with Gasteiger partial charge in [-0.15, -0.1) is 0 Å². The van der Waals surface area contributed by atoms with Crippen molar-refractivity contribution >= 4 is 16.8 Å². The van der Waals surface area contributed by atoms with Gasteiger partial charge in [-0.05, 0) is 12.0 Å². The van der Waals surface area contributed by atoms with Crippen molar-refractivity contribution in [1.82, 2.24) is 0 Å². The highest BCUT2D eigenvalue weighted by atomic mass is 32.2. The molecule has 0 amide bonds. The zero-order chi connectivity index (χ0) is 12.8. The van der Waals surface area contributed by atoms with E-state index in [1.54, 1.807) is 30.3 Å². The van der Waals surface area contributed by atoms with E-state index in [1.807, 2.05) is 0 Å². The van der Waals surface area contributed by atoms with Crippen molar-refractivity contribution in [3.05, 3.63) is 35.9 Å². The zero-order valence-corrected chi connectivity index (χ0v) is 9.70. The number of alkyl halides is 2. The van der Waals surface area contributed by atoms with E-state index < -0.39 is 34.2 Å². The van der Waals surface area contributed by atoms with Crippen molar-refractivity contribution in [1.29, 1.82) is 0 Å². The lowest BCUT2D eigenvalue weighted by molar-refractivity contribution is -0.136. The Morgan fingerprint density at radius 2 is 1.88 bits per heavy atom. The number of carboxylic acids is 1. The number of carbonyl (C=O) groups is 1. The molecule has 0 heterocycles. The molecule has 2 atom stereocenters. The Morgan fingerprint density at radius 1 is 1.29 bits per heavy atom. The number of aliphatic carboxylic acids is 1. The molecular formula is C11H12F2O3S. The van der Waals surface area contributed by atoms with Gasteiger partial charge in [0.25, 0.3) is 0 Å². The van der Waals surface area contributed by atoms with Crippen molar-refractivity contribution in [3.8, 4) is 0 Å². The van der Waals surface area contributed by atoms with Crippen molar-refractivity contribution in [2.24, 2.45) is 0 Å². The van der Waals surface area contributed by atoms with Crippen LogP contribution in [0.2, 0.25) is 0 Å². The van der Waals surface area contributed by atoms with Gasteiger partial charge in [0.15, 0.2) is 0 Å². The minimum atomic E-state index is -2.76. The van der Waals surface area contributed by atoms with E-state index in [1.165, 1.54) is 0 Å². The fourth-order valence-corrected chi connectivity index (χ4v) is 2.45. The minimum absolute atomic E-state index is 0.00446. The largest absolute Gasteiger partial charge is 0.480 e. The second-order valence-corrected chi connectivity index (χ2v) is 5.12. The molecule has 0 fully saturated rings. The maximum absolute atomic E-state index is 12.1. The lowest BCUT2D eigenvalue weighted by Gasteiger charge is -2.11. The quantitative estimate of drug-likeness (QED) is 0.849. The highest BCUT2D eigenvalue weighted by molar-refractivity contribution is 7.86. The lowest BCUT2D eigenvalue weighted by Crippen LogP contribution is -2.31. The Hall–Kier alpha value is -1.30. The van der Waals surface area contributed by atoms with Crippen LogP contribution in [-0.4, -0.2) is 32.7 Å². The lowest BCUT2D eigenvalue weighted by atomic mass is 10.1. The summed E-state index contributed by atoms with van der Waals surface area (Å²) < 4.78 is 35.6. The molecule has 2 unspecified atom stereocenters. The summed E-state index contributed by atoms with van der Waals surface area (Å²) in [5.41, 5.74) is 0.669. The van der Waals surface area contributed by atoms with Crippen LogP contribution in [0.25, 0.3) is 0 Å². The fraction of sp³-hybridized carbons (Fsp3) is 0.364. The number of rotatable bonds is 6. The summed E-state index contributed by atoms with van der Waals surface area (Å²) >= 11 is 0. The molecule has 1 rings (SSSR count). The molecule has 3 nitrogen and oxygen atoms in total. The molecule has 1 aromatic carbocycles. The second-order valence-electron chi connectivity index (χ2n) is 3.46. The van der Waals surface area contributed by atoms with Gasteiger partial charge in [0.1, 0.15) is 5.25 Å². The molecule has 0 spiro atoms. The first-order valence-corrected chi connectivity index (χ1v) is 6.31. The third kappa shape index (κ3) is 4.60. The van der Waals surface area contributed by atoms with Crippen molar-refractivity contribution in [2.45, 2.75) is 18.1 Å². The normalized spacial score (nSPS) is 14.5. The van der Waals surface area contributed by atoms with E-state index >= 15 is 0 Å². The SMILES string of the molecule is O=C(O)C(Cc1ccccc1)S(=O)CC(F)F. The van der Waals surface area contributed by atoms with Crippen LogP contribution in [0.1, 0.15) is 5.56 Å². The van der Waals surface area contributed by atoms with Gasteiger partial charge < -0.3 is 5.11 Å². The molecule has 0 aromatic heterocycles. The molecule has 17 heavy (non-hydrogen) atoms. The molecule has 0 aliphatic heterocycles. The van der Waals surface area contributed by atoms with E-state index in [4.69, 9.17) is 5.11 Å². The molecule has 6 heteroatoms. The van der Waals surface area contributed by atoms with Crippen molar-refractivity contribution < 1.29 is 22.9 Å². The van der Waals surface area contributed by atoms with Gasteiger partial charge in [-0.1, -0.05) is 30.3 Å². The van der Waals surface area contributed by atoms with Crippen LogP contribution in [0.5, 0.6) is 0 Å². The Morgan fingerprint density at radius 3 is 2.35 bits per heavy atom. The molecule has 0 radical (unpaired) electrons. The molecule has 0 saturated heterocycles. The Labute approximate surface area is 99.9 Å². The van der Waals surface area contributed by atoms with Gasteiger partial charge in [-0.2, -0.15) is 0 Å². The number of hydrogen-bond donors (Lipinski definition) is 1. The van der Waals surface area contributed by atoms with Gasteiger partial charge in [-0.3, -0.25) is 9.00 Å². The summed E-state index contributed by atoms with van der Waals surface area (Å²) in [6.45, 7) is 0. The highest BCUT2D eigenvalue weighted by Gasteiger charge is 2.27. The predicted molar refractivity (Wildman–Crippen MR) is 60.6 cm³/mol. The summed E-state index contributed by atoms with van der Waals surface area (Å²) in [5.74, 6) is -2.21. The van der Waals surface area contributed by atoms with Gasteiger partial charge in [0, 0.05) is 10.8 Å². The zero-order valence-electron chi connectivity index (χ0n) is 8.88. The topological polar surface area (TPSA) is 54.4 Å². The van der Waals surface area contributed by atoms with E-state index in [9.17, 15) is 17.8 Å². The van der Waals surface area contributed by atoms with Crippen molar-refractivity contribution in [3.63, 3.8) is 0 Å². The van der Waals surface area contributed by atoms with Gasteiger partial charge in [0.05, 0.1) is 5.75 Å². The fourth-order valence-electron chi connectivity index (χ4n) is 1.36. The molecule has 1 aromatic rings. The maximum Gasteiger partial charge on any atom is 0.319 e. The summed E-state index contributed by atoms with van der Waals surface area (Å²) in [5, 5.41) is 7.59. The third-order valence-electron chi connectivity index (χ3n) is 2.15.